The number of aryl methyl sites for hydroxylation is 1. The summed E-state index contributed by atoms with van der Waals surface area (Å²) in [5.74, 6) is 1.46. The highest BCUT2D eigenvalue weighted by Gasteiger charge is 2.14. The molecular formula is C21H21ClN4O2S. The number of halogens is 1. The number of anilines is 1. The van der Waals surface area contributed by atoms with Crippen LogP contribution in [0.2, 0.25) is 5.02 Å². The molecule has 6 nitrogen and oxygen atoms in total. The molecule has 0 radical (unpaired) electrons. The van der Waals surface area contributed by atoms with E-state index < -0.39 is 0 Å². The smallest absolute Gasteiger partial charge is 0.234 e. The second-order valence-electron chi connectivity index (χ2n) is 6.24. The molecule has 8 heteroatoms. The van der Waals surface area contributed by atoms with Crippen LogP contribution >= 0.6 is 23.4 Å². The predicted molar refractivity (Wildman–Crippen MR) is 117 cm³/mol. The first kappa shape index (κ1) is 21.0. The standard InChI is InChI=1S/C21H21ClN4O2S/c1-3-12-26-19(13-28-18-10-6-16(22)7-11-18)24-25-21(26)29-14-20(27)23-17-8-4-15(2)5-9-17/h3-11H,1,12-14H2,2H3,(H,23,27). The van der Waals surface area contributed by atoms with Crippen molar-refractivity contribution in [3.05, 3.63) is 77.6 Å². The van der Waals surface area contributed by atoms with Gasteiger partial charge in [-0.15, -0.1) is 16.8 Å². The Morgan fingerprint density at radius 3 is 2.62 bits per heavy atom. The molecule has 0 fully saturated rings. The van der Waals surface area contributed by atoms with Crippen LogP contribution in [0, 0.1) is 6.92 Å². The topological polar surface area (TPSA) is 69.0 Å². The lowest BCUT2D eigenvalue weighted by Gasteiger charge is -2.09. The van der Waals surface area contributed by atoms with Crippen molar-refractivity contribution in [3.63, 3.8) is 0 Å². The van der Waals surface area contributed by atoms with Crippen LogP contribution in [-0.4, -0.2) is 26.4 Å². The third-order valence-electron chi connectivity index (χ3n) is 3.95. The molecule has 0 unspecified atom stereocenters. The summed E-state index contributed by atoms with van der Waals surface area (Å²) in [5.41, 5.74) is 1.91. The van der Waals surface area contributed by atoms with Crippen LogP contribution < -0.4 is 10.1 Å². The summed E-state index contributed by atoms with van der Waals surface area (Å²) in [7, 11) is 0. The van der Waals surface area contributed by atoms with Crippen LogP contribution in [0.1, 0.15) is 11.4 Å². The highest BCUT2D eigenvalue weighted by atomic mass is 35.5. The van der Waals surface area contributed by atoms with Crippen LogP contribution in [0.4, 0.5) is 5.69 Å². The molecule has 0 saturated heterocycles. The van der Waals surface area contributed by atoms with Gasteiger partial charge in [0.05, 0.1) is 5.75 Å². The average Bonchev–Trinajstić information content (AvgIpc) is 3.10. The van der Waals surface area contributed by atoms with Crippen molar-refractivity contribution in [1.82, 2.24) is 14.8 Å². The summed E-state index contributed by atoms with van der Waals surface area (Å²) in [5, 5.41) is 12.6. The molecule has 0 aliphatic carbocycles. The van der Waals surface area contributed by atoms with Crippen molar-refractivity contribution in [2.24, 2.45) is 0 Å². The first-order valence-corrected chi connectivity index (χ1v) is 10.3. The largest absolute Gasteiger partial charge is 0.486 e. The fraction of sp³-hybridized carbons (Fsp3) is 0.190. The Balaban J connectivity index is 1.59. The zero-order valence-corrected chi connectivity index (χ0v) is 17.5. The number of carbonyl (C=O) groups excluding carboxylic acids is 1. The number of nitrogens with one attached hydrogen (secondary N) is 1. The summed E-state index contributed by atoms with van der Waals surface area (Å²) in [6, 6.07) is 14.8. The number of aromatic nitrogens is 3. The van der Waals surface area contributed by atoms with Gasteiger partial charge in [0, 0.05) is 17.3 Å². The van der Waals surface area contributed by atoms with E-state index in [2.05, 4.69) is 22.1 Å². The molecule has 2 aromatic carbocycles. The molecule has 150 valence electrons. The fourth-order valence-corrected chi connectivity index (χ4v) is 3.38. The van der Waals surface area contributed by atoms with E-state index in [9.17, 15) is 4.79 Å². The minimum Gasteiger partial charge on any atom is -0.486 e. The van der Waals surface area contributed by atoms with Crippen molar-refractivity contribution in [2.75, 3.05) is 11.1 Å². The van der Waals surface area contributed by atoms with Gasteiger partial charge in [-0.05, 0) is 43.3 Å². The highest BCUT2D eigenvalue weighted by molar-refractivity contribution is 7.99. The SMILES string of the molecule is C=CCn1c(COc2ccc(Cl)cc2)nnc1SCC(=O)Nc1ccc(C)cc1. The Hall–Kier alpha value is -2.77. The van der Waals surface area contributed by atoms with Gasteiger partial charge in [0.2, 0.25) is 5.91 Å². The summed E-state index contributed by atoms with van der Waals surface area (Å²) >= 11 is 7.21. The maximum atomic E-state index is 12.2. The molecule has 3 aromatic rings. The van der Waals surface area contributed by atoms with Crippen molar-refractivity contribution >= 4 is 35.0 Å². The van der Waals surface area contributed by atoms with E-state index in [1.807, 2.05) is 35.8 Å². The van der Waals surface area contributed by atoms with Crippen LogP contribution in [0.5, 0.6) is 5.75 Å². The van der Waals surface area contributed by atoms with E-state index >= 15 is 0 Å². The molecule has 0 bridgehead atoms. The van der Waals surface area contributed by atoms with Gasteiger partial charge in [-0.1, -0.05) is 47.1 Å². The molecule has 0 aliphatic heterocycles. The summed E-state index contributed by atoms with van der Waals surface area (Å²) in [6.07, 6.45) is 1.76. The number of allylic oxidation sites excluding steroid dienone is 1. The number of thioether (sulfide) groups is 1. The Morgan fingerprint density at radius 2 is 1.93 bits per heavy atom. The predicted octanol–water partition coefficient (Wildman–Crippen LogP) is 4.74. The van der Waals surface area contributed by atoms with Crippen molar-refractivity contribution in [2.45, 2.75) is 25.2 Å². The van der Waals surface area contributed by atoms with E-state index in [0.717, 1.165) is 11.3 Å². The molecule has 1 heterocycles. The average molecular weight is 429 g/mol. The van der Waals surface area contributed by atoms with Gasteiger partial charge in [-0.2, -0.15) is 0 Å². The van der Waals surface area contributed by atoms with Crippen LogP contribution in [0.3, 0.4) is 0 Å². The van der Waals surface area contributed by atoms with Crippen LogP contribution in [-0.2, 0) is 17.9 Å². The number of rotatable bonds is 9. The van der Waals surface area contributed by atoms with Crippen molar-refractivity contribution in [1.29, 1.82) is 0 Å². The van der Waals surface area contributed by atoms with Gasteiger partial charge >= 0.3 is 0 Å². The molecule has 0 atom stereocenters. The Labute approximate surface area is 178 Å². The van der Waals surface area contributed by atoms with Gasteiger partial charge in [0.1, 0.15) is 12.4 Å². The number of ether oxygens (including phenoxy) is 1. The number of carbonyl (C=O) groups is 1. The lowest BCUT2D eigenvalue weighted by molar-refractivity contribution is -0.113. The third-order valence-corrected chi connectivity index (χ3v) is 5.17. The minimum atomic E-state index is -0.106. The maximum Gasteiger partial charge on any atom is 0.234 e. The molecule has 1 amide bonds. The lowest BCUT2D eigenvalue weighted by atomic mass is 10.2. The van der Waals surface area contributed by atoms with Gasteiger partial charge in [0.15, 0.2) is 11.0 Å². The maximum absolute atomic E-state index is 12.2. The Bertz CT molecular complexity index is 971. The number of hydrogen-bond acceptors (Lipinski definition) is 5. The summed E-state index contributed by atoms with van der Waals surface area (Å²) in [4.78, 5) is 12.2. The zero-order valence-electron chi connectivity index (χ0n) is 16.0. The second kappa shape index (κ2) is 10.1. The molecule has 0 aliphatic rings. The number of hydrogen-bond donors (Lipinski definition) is 1. The third kappa shape index (κ3) is 6.10. The molecular weight excluding hydrogens is 408 g/mol. The van der Waals surface area contributed by atoms with E-state index in [1.165, 1.54) is 11.8 Å². The molecule has 3 rings (SSSR count). The second-order valence-corrected chi connectivity index (χ2v) is 7.62. The number of benzene rings is 2. The minimum absolute atomic E-state index is 0.106. The molecule has 29 heavy (non-hydrogen) atoms. The van der Waals surface area contributed by atoms with Crippen LogP contribution in [0.15, 0.2) is 66.3 Å². The van der Waals surface area contributed by atoms with E-state index in [0.29, 0.717) is 28.3 Å². The van der Waals surface area contributed by atoms with Crippen molar-refractivity contribution < 1.29 is 9.53 Å². The molecule has 0 spiro atoms. The van der Waals surface area contributed by atoms with E-state index in [1.54, 1.807) is 30.3 Å². The number of amides is 1. The number of nitrogens with zero attached hydrogens (tertiary/aromatic N) is 3. The van der Waals surface area contributed by atoms with Crippen LogP contribution in [0.25, 0.3) is 0 Å². The van der Waals surface area contributed by atoms with Crippen molar-refractivity contribution in [3.8, 4) is 5.75 Å². The van der Waals surface area contributed by atoms with E-state index in [-0.39, 0.29) is 18.3 Å². The summed E-state index contributed by atoms with van der Waals surface area (Å²) < 4.78 is 7.64. The first-order chi connectivity index (χ1) is 14.0. The lowest BCUT2D eigenvalue weighted by Crippen LogP contribution is -2.15. The monoisotopic (exact) mass is 428 g/mol. The fourth-order valence-electron chi connectivity index (χ4n) is 2.49. The summed E-state index contributed by atoms with van der Waals surface area (Å²) in [6.45, 7) is 6.56. The Kier molecular flexibility index (Phi) is 7.32. The highest BCUT2D eigenvalue weighted by Crippen LogP contribution is 2.20. The normalized spacial score (nSPS) is 10.6. The van der Waals surface area contributed by atoms with Gasteiger partial charge in [0.25, 0.3) is 0 Å². The zero-order chi connectivity index (χ0) is 20.6. The van der Waals surface area contributed by atoms with Gasteiger partial charge in [-0.25, -0.2) is 0 Å². The van der Waals surface area contributed by atoms with Gasteiger partial charge in [-0.3, -0.25) is 9.36 Å². The van der Waals surface area contributed by atoms with Gasteiger partial charge < -0.3 is 10.1 Å². The molecule has 0 saturated carbocycles. The molecule has 1 aromatic heterocycles. The quantitative estimate of drug-likeness (QED) is 0.394. The van der Waals surface area contributed by atoms with E-state index in [4.69, 9.17) is 16.3 Å². The first-order valence-electron chi connectivity index (χ1n) is 8.96. The Morgan fingerprint density at radius 1 is 1.21 bits per heavy atom. The molecule has 1 N–H and O–H groups in total.